The van der Waals surface area contributed by atoms with Crippen molar-refractivity contribution in [3.05, 3.63) is 154 Å². The van der Waals surface area contributed by atoms with Gasteiger partial charge in [-0.3, -0.25) is 0 Å². The zero-order valence-corrected chi connectivity index (χ0v) is 33.7. The zero-order valence-electron chi connectivity index (χ0n) is 33.7. The first-order chi connectivity index (χ1) is 25.0. The van der Waals surface area contributed by atoms with Gasteiger partial charge >= 0.3 is 0 Å². The molecule has 0 aromatic heterocycles. The van der Waals surface area contributed by atoms with Gasteiger partial charge in [0, 0.05) is 16.2 Å². The molecule has 9 rings (SSSR count). The average Bonchev–Trinajstić information content (AvgIpc) is 3.59. The number of fused-ring (bicyclic) bond motifs is 9. The largest absolute Gasteiger partial charge is 0.0625 e. The maximum Gasteiger partial charge on any atom is 0.0159 e. The summed E-state index contributed by atoms with van der Waals surface area (Å²) in [4.78, 5) is 0. The normalized spacial score (nSPS) is 16.5. The molecule has 0 spiro atoms. The molecule has 0 saturated heterocycles. The number of benzene rings is 6. The van der Waals surface area contributed by atoms with E-state index in [1.54, 1.807) is 0 Å². The van der Waals surface area contributed by atoms with Crippen molar-refractivity contribution < 1.29 is 0 Å². The second-order valence-corrected chi connectivity index (χ2v) is 19.4. The SMILES string of the molecule is CC(C)Cc1ccc2c(c1)C(C)(C)c1cc(C(C)(C)C)cc(-c3ccc4c(c3)C(C)(C)c3cc(-c5ccc6c(c5)C(C)(C)c5ccccc5-6)ccc3-4)c1-2. The van der Waals surface area contributed by atoms with Crippen LogP contribution in [0.3, 0.4) is 0 Å². The minimum absolute atomic E-state index is 0.0128. The summed E-state index contributed by atoms with van der Waals surface area (Å²) in [5.74, 6) is 0.636. The van der Waals surface area contributed by atoms with Crippen LogP contribution in [0, 0.1) is 5.92 Å². The molecular weight excluding hydrogens is 637 g/mol. The lowest BCUT2D eigenvalue weighted by Crippen LogP contribution is -2.18. The highest BCUT2D eigenvalue weighted by Gasteiger charge is 2.41. The number of rotatable bonds is 4. The van der Waals surface area contributed by atoms with Crippen molar-refractivity contribution in [1.82, 2.24) is 0 Å². The smallest absolute Gasteiger partial charge is 0.0159 e. The summed E-state index contributed by atoms with van der Waals surface area (Å²) in [6.45, 7) is 26.2. The van der Waals surface area contributed by atoms with Crippen LogP contribution in [-0.4, -0.2) is 0 Å². The molecule has 0 atom stereocenters. The van der Waals surface area contributed by atoms with Crippen LogP contribution in [0.25, 0.3) is 55.6 Å². The van der Waals surface area contributed by atoms with E-state index in [2.05, 4.69) is 185 Å². The maximum absolute atomic E-state index is 2.53. The molecule has 0 unspecified atom stereocenters. The molecule has 0 saturated carbocycles. The van der Waals surface area contributed by atoms with Crippen molar-refractivity contribution in [2.45, 2.75) is 104 Å². The third kappa shape index (κ3) is 4.94. The monoisotopic (exact) mass is 690 g/mol. The predicted molar refractivity (Wildman–Crippen MR) is 227 cm³/mol. The van der Waals surface area contributed by atoms with Crippen molar-refractivity contribution >= 4 is 0 Å². The second-order valence-electron chi connectivity index (χ2n) is 19.4. The van der Waals surface area contributed by atoms with Crippen molar-refractivity contribution in [2.75, 3.05) is 0 Å². The second kappa shape index (κ2) is 11.2. The summed E-state index contributed by atoms with van der Waals surface area (Å²) in [6.07, 6.45) is 1.11. The molecule has 0 N–H and O–H groups in total. The highest BCUT2D eigenvalue weighted by molar-refractivity contribution is 5.95. The number of hydrogen-bond acceptors (Lipinski definition) is 0. The standard InChI is InChI=1S/C53H54/c1-31(2)24-32-16-20-41-44(25-32)53(10,11)48-30-36(50(3,4)5)29-42(49(41)48)35-19-23-40-39-22-18-34(27-46(39)52(8,9)47(40)28-35)33-17-21-38-37-14-12-13-15-43(37)51(6,7)45(38)26-33/h12-23,25-31H,24H2,1-11H3. The Balaban J connectivity index is 1.15. The Morgan fingerprint density at radius 3 is 1.49 bits per heavy atom. The van der Waals surface area contributed by atoms with E-state index in [1.165, 1.54) is 100 Å². The molecule has 6 aromatic carbocycles. The first-order valence-corrected chi connectivity index (χ1v) is 19.9. The molecule has 0 aliphatic heterocycles. The van der Waals surface area contributed by atoms with Crippen LogP contribution in [0.5, 0.6) is 0 Å². The highest BCUT2D eigenvalue weighted by Crippen LogP contribution is 2.56. The zero-order chi connectivity index (χ0) is 37.4. The van der Waals surface area contributed by atoms with Gasteiger partial charge in [0.1, 0.15) is 0 Å². The molecule has 53 heavy (non-hydrogen) atoms. The van der Waals surface area contributed by atoms with Crippen LogP contribution in [0.15, 0.2) is 109 Å². The van der Waals surface area contributed by atoms with Gasteiger partial charge in [-0.05, 0) is 142 Å². The molecular formula is C53H54. The summed E-state index contributed by atoms with van der Waals surface area (Å²) in [7, 11) is 0. The molecule has 0 heterocycles. The van der Waals surface area contributed by atoms with Gasteiger partial charge < -0.3 is 0 Å². The van der Waals surface area contributed by atoms with E-state index in [-0.39, 0.29) is 21.7 Å². The first-order valence-electron chi connectivity index (χ1n) is 19.9. The van der Waals surface area contributed by atoms with Crippen LogP contribution >= 0.6 is 0 Å². The van der Waals surface area contributed by atoms with E-state index in [0.29, 0.717) is 5.92 Å². The topological polar surface area (TPSA) is 0 Å². The van der Waals surface area contributed by atoms with Gasteiger partial charge in [-0.25, -0.2) is 0 Å². The first kappa shape index (κ1) is 34.1. The van der Waals surface area contributed by atoms with Crippen molar-refractivity contribution in [3.8, 4) is 55.6 Å². The summed E-state index contributed by atoms with van der Waals surface area (Å²) >= 11 is 0. The Morgan fingerprint density at radius 1 is 0.434 bits per heavy atom. The van der Waals surface area contributed by atoms with E-state index in [9.17, 15) is 0 Å². The Kier molecular flexibility index (Phi) is 7.19. The third-order valence-electron chi connectivity index (χ3n) is 13.3. The molecule has 3 aliphatic rings. The van der Waals surface area contributed by atoms with Crippen molar-refractivity contribution in [3.63, 3.8) is 0 Å². The Bertz CT molecular complexity index is 2500. The van der Waals surface area contributed by atoms with Gasteiger partial charge in [0.2, 0.25) is 0 Å². The van der Waals surface area contributed by atoms with Crippen LogP contribution in [0.4, 0.5) is 0 Å². The van der Waals surface area contributed by atoms with Crippen LogP contribution in [0.1, 0.15) is 121 Å². The van der Waals surface area contributed by atoms with Gasteiger partial charge in [-0.2, -0.15) is 0 Å². The molecule has 0 bridgehead atoms. The molecule has 3 aliphatic carbocycles. The summed E-state index contributed by atoms with van der Waals surface area (Å²) in [5, 5.41) is 0. The van der Waals surface area contributed by atoms with Crippen LogP contribution < -0.4 is 0 Å². The molecule has 266 valence electrons. The molecule has 0 nitrogen and oxygen atoms in total. The van der Waals surface area contributed by atoms with Crippen LogP contribution in [0.2, 0.25) is 0 Å². The summed E-state index contributed by atoms with van der Waals surface area (Å²) < 4.78 is 0. The van der Waals surface area contributed by atoms with Gasteiger partial charge in [-0.1, -0.05) is 161 Å². The Labute approximate surface area is 318 Å². The highest BCUT2D eigenvalue weighted by atomic mass is 14.4. The lowest BCUT2D eigenvalue weighted by Gasteiger charge is -2.27. The molecule has 0 radical (unpaired) electrons. The third-order valence-corrected chi connectivity index (χ3v) is 13.3. The fourth-order valence-corrected chi connectivity index (χ4v) is 10.1. The van der Waals surface area contributed by atoms with Crippen molar-refractivity contribution in [1.29, 1.82) is 0 Å². The summed E-state index contributed by atoms with van der Waals surface area (Å²) in [6, 6.07) is 43.0. The van der Waals surface area contributed by atoms with E-state index >= 15 is 0 Å². The van der Waals surface area contributed by atoms with E-state index < -0.39 is 0 Å². The predicted octanol–water partition coefficient (Wildman–Crippen LogP) is 14.4. The molecule has 0 amide bonds. The molecule has 6 aromatic rings. The lowest BCUT2D eigenvalue weighted by molar-refractivity contribution is 0.584. The van der Waals surface area contributed by atoms with Gasteiger partial charge in [-0.15, -0.1) is 0 Å². The fraction of sp³-hybridized carbons (Fsp3) is 0.321. The van der Waals surface area contributed by atoms with E-state index in [1.807, 2.05) is 0 Å². The minimum atomic E-state index is -0.128. The van der Waals surface area contributed by atoms with Gasteiger partial charge in [0.05, 0.1) is 0 Å². The van der Waals surface area contributed by atoms with E-state index in [0.717, 1.165) is 6.42 Å². The lowest BCUT2D eigenvalue weighted by atomic mass is 9.76. The maximum atomic E-state index is 2.53. The Hall–Kier alpha value is -4.68. The molecule has 0 fully saturated rings. The van der Waals surface area contributed by atoms with Crippen molar-refractivity contribution in [2.24, 2.45) is 5.92 Å². The quantitative estimate of drug-likeness (QED) is 0.173. The number of hydrogen-bond donors (Lipinski definition) is 0. The van der Waals surface area contributed by atoms with E-state index in [4.69, 9.17) is 0 Å². The molecule has 0 heteroatoms. The minimum Gasteiger partial charge on any atom is -0.0625 e. The average molecular weight is 691 g/mol. The fourth-order valence-electron chi connectivity index (χ4n) is 10.1. The summed E-state index contributed by atoms with van der Waals surface area (Å²) in [5.41, 5.74) is 24.9. The van der Waals surface area contributed by atoms with Crippen LogP contribution in [-0.2, 0) is 28.1 Å². The van der Waals surface area contributed by atoms with Gasteiger partial charge in [0.25, 0.3) is 0 Å². The Morgan fingerprint density at radius 2 is 0.906 bits per heavy atom. The van der Waals surface area contributed by atoms with Gasteiger partial charge in [0.15, 0.2) is 0 Å².